The van der Waals surface area contributed by atoms with Crippen molar-refractivity contribution in [2.45, 2.75) is 148 Å². The third-order valence-electron chi connectivity index (χ3n) is 18.4. The predicted octanol–water partition coefficient (Wildman–Crippen LogP) is 9.18. The first-order chi connectivity index (χ1) is 24.7. The number of hydrogen-bond donors (Lipinski definition) is 2. The molecule has 53 heavy (non-hydrogen) atoms. The van der Waals surface area contributed by atoms with Gasteiger partial charge in [-0.2, -0.15) is 0 Å². The number of fused-ring (bicyclic) bond motifs is 7. The molecule has 7 rings (SSSR count). The van der Waals surface area contributed by atoms with Crippen LogP contribution in [0.3, 0.4) is 0 Å². The molecule has 1 heterocycles. The third-order valence-corrected chi connectivity index (χ3v) is 20.9. The highest BCUT2D eigenvalue weighted by Crippen LogP contribution is 2.76. The normalized spacial score (nSPS) is 47.6. The first-order valence-electron chi connectivity index (χ1n) is 21.3. The molecular weight excluding hydrogens is 684 g/mol. The summed E-state index contributed by atoms with van der Waals surface area (Å²) in [7, 11) is -3.03. The minimum atomic E-state index is -3.03. The highest BCUT2D eigenvalue weighted by Gasteiger charge is 2.70. The first kappa shape index (κ1) is 39.7. The van der Waals surface area contributed by atoms with Crippen LogP contribution in [0.5, 0.6) is 0 Å². The molecule has 0 spiro atoms. The number of carbonyl (C=O) groups is 1. The fourth-order valence-electron chi connectivity index (χ4n) is 15.2. The van der Waals surface area contributed by atoms with Crippen LogP contribution in [-0.4, -0.2) is 73.3 Å². The number of halogens is 1. The van der Waals surface area contributed by atoms with E-state index in [-0.39, 0.29) is 44.1 Å². The monoisotopic (exact) mass is 755 g/mol. The maximum Gasteiger partial charge on any atom is 0.312 e. The van der Waals surface area contributed by atoms with E-state index in [4.69, 9.17) is 0 Å². The van der Waals surface area contributed by atoms with E-state index < -0.39 is 27.9 Å². The van der Waals surface area contributed by atoms with Crippen LogP contribution in [0.4, 0.5) is 4.39 Å². The van der Waals surface area contributed by atoms with E-state index >= 15 is 0 Å². The molecule has 12 atom stereocenters. The van der Waals surface area contributed by atoms with Crippen LogP contribution in [-0.2, 0) is 14.6 Å². The third kappa shape index (κ3) is 5.77. The summed E-state index contributed by atoms with van der Waals surface area (Å²) in [6.45, 7) is 25.8. The second-order valence-corrected chi connectivity index (χ2v) is 23.7. The van der Waals surface area contributed by atoms with Gasteiger partial charge < -0.3 is 10.4 Å². The Balaban J connectivity index is 1.13. The van der Waals surface area contributed by atoms with Crippen molar-refractivity contribution in [2.75, 3.05) is 32.9 Å². The Morgan fingerprint density at radius 1 is 0.925 bits per heavy atom. The van der Waals surface area contributed by atoms with Gasteiger partial charge in [0.15, 0.2) is 9.84 Å². The molecule has 1 saturated heterocycles. The number of carboxylic acids is 1. The first-order valence-corrected chi connectivity index (χ1v) is 22.9. The number of aliphatic carboxylic acids is 1. The second-order valence-electron chi connectivity index (χ2n) is 20.9. The summed E-state index contributed by atoms with van der Waals surface area (Å²) >= 11 is 0. The molecule has 0 amide bonds. The number of nitrogens with one attached hydrogen (secondary N) is 1. The number of alkyl halides is 1. The van der Waals surface area contributed by atoms with Crippen LogP contribution in [0.1, 0.15) is 132 Å². The summed E-state index contributed by atoms with van der Waals surface area (Å²) < 4.78 is 39.4. The van der Waals surface area contributed by atoms with E-state index in [1.165, 1.54) is 68.1 Å². The lowest BCUT2D eigenvalue weighted by atomic mass is 9.33. The maximum absolute atomic E-state index is 14.0. The van der Waals surface area contributed by atoms with Crippen molar-refractivity contribution in [1.29, 1.82) is 0 Å². The van der Waals surface area contributed by atoms with Gasteiger partial charge in [0, 0.05) is 31.7 Å². The smallest absolute Gasteiger partial charge is 0.312 e. The van der Waals surface area contributed by atoms with Gasteiger partial charge in [0.25, 0.3) is 0 Å². The van der Waals surface area contributed by atoms with Gasteiger partial charge in [-0.15, -0.1) is 0 Å². The van der Waals surface area contributed by atoms with E-state index in [1.807, 2.05) is 13.8 Å². The Labute approximate surface area is 321 Å². The fraction of sp³-hybridized carbons (Fsp3) is 0.844. The van der Waals surface area contributed by atoms with Gasteiger partial charge in [0.1, 0.15) is 6.67 Å². The largest absolute Gasteiger partial charge is 0.481 e. The molecule has 0 aromatic rings. The minimum absolute atomic E-state index is 0.0207. The van der Waals surface area contributed by atoms with E-state index in [9.17, 15) is 22.7 Å². The Bertz CT molecular complexity index is 1650. The van der Waals surface area contributed by atoms with Crippen molar-refractivity contribution in [3.63, 3.8) is 0 Å². The van der Waals surface area contributed by atoms with Crippen molar-refractivity contribution < 1.29 is 22.7 Å². The van der Waals surface area contributed by atoms with E-state index in [0.29, 0.717) is 55.5 Å². The highest BCUT2D eigenvalue weighted by atomic mass is 32.2. The van der Waals surface area contributed by atoms with Crippen molar-refractivity contribution in [3.8, 4) is 0 Å². The van der Waals surface area contributed by atoms with Crippen molar-refractivity contribution in [1.82, 2.24) is 10.2 Å². The lowest BCUT2D eigenvalue weighted by Crippen LogP contribution is -2.68. The zero-order valence-corrected chi connectivity index (χ0v) is 35.1. The Hall–Kier alpha value is -1.51. The summed E-state index contributed by atoms with van der Waals surface area (Å²) in [6.07, 6.45) is 16.9. The molecule has 5 fully saturated rings. The topological polar surface area (TPSA) is 86.7 Å². The quantitative estimate of drug-likeness (QED) is 0.241. The minimum Gasteiger partial charge on any atom is -0.481 e. The average molecular weight is 755 g/mol. The molecule has 6 nitrogen and oxygen atoms in total. The Morgan fingerprint density at radius 2 is 1.62 bits per heavy atom. The van der Waals surface area contributed by atoms with Crippen LogP contribution >= 0.6 is 0 Å². The van der Waals surface area contributed by atoms with Gasteiger partial charge >= 0.3 is 5.97 Å². The molecule has 0 bridgehead atoms. The summed E-state index contributed by atoms with van der Waals surface area (Å²) in [4.78, 5) is 14.4. The van der Waals surface area contributed by atoms with Crippen LogP contribution in [0.15, 0.2) is 35.5 Å². The number of sulfone groups is 1. The fourth-order valence-corrected chi connectivity index (χ4v) is 16.8. The van der Waals surface area contributed by atoms with E-state index in [1.54, 1.807) is 0 Å². The summed E-state index contributed by atoms with van der Waals surface area (Å²) in [5.74, 6) is 1.96. The van der Waals surface area contributed by atoms with Gasteiger partial charge in [0.2, 0.25) is 0 Å². The molecule has 7 aliphatic rings. The van der Waals surface area contributed by atoms with Crippen molar-refractivity contribution >= 4 is 15.8 Å². The maximum atomic E-state index is 14.0. The lowest BCUT2D eigenvalue weighted by molar-refractivity contribution is -0.221. The number of allylic oxidation sites excluding steroid dienone is 5. The second kappa shape index (κ2) is 13.3. The summed E-state index contributed by atoms with van der Waals surface area (Å²) in [6, 6.07) is 0. The molecule has 0 aromatic carbocycles. The van der Waals surface area contributed by atoms with Crippen LogP contribution in [0.25, 0.3) is 0 Å². The van der Waals surface area contributed by atoms with Crippen LogP contribution in [0, 0.1) is 56.7 Å². The molecule has 0 radical (unpaired) electrons. The molecule has 3 unspecified atom stereocenters. The molecule has 6 aliphatic carbocycles. The number of carboxylic acid groups (broad SMARTS) is 1. The highest BCUT2D eigenvalue weighted by molar-refractivity contribution is 7.92. The SMILES string of the molecule is C=C(C)[C@@H]1CCC2(NCCN3CC(C)S(=O)(=O)C(C)C3)CC[C@]3(C)[C@H](CC[C@@H]4[C@@]5(C)CC=C(C6=CC[C@](CF)(C(=O)O)CC6)C(C)(C)[C@@H]5CC[C@]43C)[C@@H]12. The van der Waals surface area contributed by atoms with Crippen molar-refractivity contribution in [3.05, 3.63) is 35.5 Å². The molecule has 0 aromatic heterocycles. The average Bonchev–Trinajstić information content (AvgIpc) is 3.47. The van der Waals surface area contributed by atoms with Gasteiger partial charge in [-0.3, -0.25) is 9.69 Å². The number of nitrogens with zero attached hydrogens (tertiary/aromatic N) is 1. The molecule has 8 heteroatoms. The van der Waals surface area contributed by atoms with Gasteiger partial charge in [-0.25, -0.2) is 12.8 Å². The van der Waals surface area contributed by atoms with E-state index in [0.717, 1.165) is 19.5 Å². The predicted molar refractivity (Wildman–Crippen MR) is 213 cm³/mol. The van der Waals surface area contributed by atoms with Gasteiger partial charge in [-0.05, 0) is 160 Å². The standard InChI is InChI=1S/C45H71FN2O4S/c1-29(2)33-14-21-45(47-24-25-48-26-30(3)53(51,52)31(4)27-48)23-22-42(8)35(38(33)45)10-11-37-41(7)17-15-34(40(5,6)36(41)16-18-43(37,42)9)32-12-19-44(28-46,20-13-32)39(49)50/h12,15,30-31,33,35-38,47H,1,10-11,13-14,16-28H2,2-9H3,(H,49,50)/t30?,31?,33-,35+,36-,37+,38+,41-,42+,43+,44-,45?/m0/s1. The molecular formula is C45H71FN2O4S. The zero-order valence-electron chi connectivity index (χ0n) is 34.3. The van der Waals surface area contributed by atoms with Crippen LogP contribution < -0.4 is 5.32 Å². The summed E-state index contributed by atoms with van der Waals surface area (Å²) in [5, 5.41) is 13.5. The zero-order chi connectivity index (χ0) is 38.6. The van der Waals surface area contributed by atoms with Gasteiger partial charge in [-0.1, -0.05) is 58.9 Å². The van der Waals surface area contributed by atoms with Crippen LogP contribution in [0.2, 0.25) is 0 Å². The summed E-state index contributed by atoms with van der Waals surface area (Å²) in [5.41, 5.74) is 3.55. The molecule has 298 valence electrons. The number of hydrogen-bond acceptors (Lipinski definition) is 5. The molecule has 1 aliphatic heterocycles. The molecule has 4 saturated carbocycles. The van der Waals surface area contributed by atoms with E-state index in [2.05, 4.69) is 70.5 Å². The number of rotatable bonds is 8. The Morgan fingerprint density at radius 3 is 2.23 bits per heavy atom. The van der Waals surface area contributed by atoms with Gasteiger partial charge in [0.05, 0.1) is 15.9 Å². The molecule has 2 N–H and O–H groups in total. The Kier molecular flexibility index (Phi) is 9.95. The van der Waals surface area contributed by atoms with Crippen molar-refractivity contribution in [2.24, 2.45) is 56.7 Å². The lowest BCUT2D eigenvalue weighted by Gasteiger charge is -2.72.